The zero-order chi connectivity index (χ0) is 16.8. The molecule has 1 amide bonds. The fraction of sp³-hybridized carbons (Fsp3) is 0.316. The number of nitrogens with one attached hydrogen (secondary N) is 1. The summed E-state index contributed by atoms with van der Waals surface area (Å²) >= 11 is 0. The molecule has 2 heterocycles. The van der Waals surface area contributed by atoms with Crippen LogP contribution >= 0.6 is 0 Å². The summed E-state index contributed by atoms with van der Waals surface area (Å²) in [5, 5.41) is 2.99. The lowest BCUT2D eigenvalue weighted by Gasteiger charge is -2.24. The summed E-state index contributed by atoms with van der Waals surface area (Å²) in [7, 11) is 0. The molecule has 0 radical (unpaired) electrons. The fourth-order valence-corrected chi connectivity index (χ4v) is 3.07. The second-order valence-electron chi connectivity index (χ2n) is 6.05. The molecular formula is C19H21N3O2. The van der Waals surface area contributed by atoms with E-state index in [2.05, 4.69) is 39.5 Å². The molecule has 5 nitrogen and oxygen atoms in total. The van der Waals surface area contributed by atoms with Crippen LogP contribution in [0.25, 0.3) is 0 Å². The standard InChI is InChI=1S/C19H21N3O2/c23-14-17-9-8-16(11-20-17)19(24)21-12-18-7-4-10-22(18)13-15-5-2-1-3-6-15/h1-3,5-6,8-9,11,14,18H,4,7,10,12-13H2,(H,21,24). The van der Waals surface area contributed by atoms with Gasteiger partial charge >= 0.3 is 0 Å². The molecule has 1 saturated heterocycles. The molecule has 24 heavy (non-hydrogen) atoms. The van der Waals surface area contributed by atoms with Crippen molar-refractivity contribution < 1.29 is 9.59 Å². The van der Waals surface area contributed by atoms with Gasteiger partial charge in [0, 0.05) is 25.3 Å². The number of carbonyl (C=O) groups excluding carboxylic acids is 2. The van der Waals surface area contributed by atoms with E-state index in [0.717, 1.165) is 25.9 Å². The van der Waals surface area contributed by atoms with Crippen molar-refractivity contribution in [2.45, 2.75) is 25.4 Å². The predicted octanol–water partition coefficient (Wildman–Crippen LogP) is 2.29. The monoisotopic (exact) mass is 323 g/mol. The lowest BCUT2D eigenvalue weighted by molar-refractivity contribution is 0.0938. The number of nitrogens with zero attached hydrogens (tertiary/aromatic N) is 2. The van der Waals surface area contributed by atoms with Gasteiger partial charge in [0.1, 0.15) is 5.69 Å². The molecule has 1 atom stereocenters. The molecule has 0 spiro atoms. The predicted molar refractivity (Wildman–Crippen MR) is 91.8 cm³/mol. The van der Waals surface area contributed by atoms with Crippen LogP contribution in [0.2, 0.25) is 0 Å². The van der Waals surface area contributed by atoms with Gasteiger partial charge in [0.25, 0.3) is 5.91 Å². The van der Waals surface area contributed by atoms with Crippen LogP contribution in [0.5, 0.6) is 0 Å². The van der Waals surface area contributed by atoms with Gasteiger partial charge in [0.15, 0.2) is 6.29 Å². The molecule has 0 aliphatic carbocycles. The summed E-state index contributed by atoms with van der Waals surface area (Å²) in [5.74, 6) is -0.147. The Bertz CT molecular complexity index is 686. The Morgan fingerprint density at radius 1 is 1.25 bits per heavy atom. The van der Waals surface area contributed by atoms with Crippen molar-refractivity contribution in [2.75, 3.05) is 13.1 Å². The highest BCUT2D eigenvalue weighted by Gasteiger charge is 2.24. The zero-order valence-corrected chi connectivity index (χ0v) is 13.5. The van der Waals surface area contributed by atoms with Crippen molar-refractivity contribution in [3.63, 3.8) is 0 Å². The molecule has 1 aromatic carbocycles. The minimum atomic E-state index is -0.147. The Morgan fingerprint density at radius 3 is 2.79 bits per heavy atom. The van der Waals surface area contributed by atoms with Crippen LogP contribution in [0.1, 0.15) is 39.3 Å². The molecule has 5 heteroatoms. The van der Waals surface area contributed by atoms with Gasteiger partial charge in [-0.15, -0.1) is 0 Å². The average Bonchev–Trinajstić information content (AvgIpc) is 3.07. The van der Waals surface area contributed by atoms with Crippen molar-refractivity contribution in [2.24, 2.45) is 0 Å². The van der Waals surface area contributed by atoms with Gasteiger partial charge < -0.3 is 5.32 Å². The van der Waals surface area contributed by atoms with E-state index in [9.17, 15) is 9.59 Å². The summed E-state index contributed by atoms with van der Waals surface area (Å²) in [6.45, 7) is 2.60. The first-order valence-electron chi connectivity index (χ1n) is 8.23. The van der Waals surface area contributed by atoms with E-state index in [4.69, 9.17) is 0 Å². The molecule has 1 aliphatic heterocycles. The van der Waals surface area contributed by atoms with Crippen LogP contribution in [-0.2, 0) is 6.54 Å². The molecule has 124 valence electrons. The minimum absolute atomic E-state index is 0.147. The summed E-state index contributed by atoms with van der Waals surface area (Å²) in [5.41, 5.74) is 2.11. The fourth-order valence-electron chi connectivity index (χ4n) is 3.07. The van der Waals surface area contributed by atoms with Crippen molar-refractivity contribution >= 4 is 12.2 Å². The number of benzene rings is 1. The zero-order valence-electron chi connectivity index (χ0n) is 13.5. The minimum Gasteiger partial charge on any atom is -0.350 e. The first-order valence-corrected chi connectivity index (χ1v) is 8.23. The quantitative estimate of drug-likeness (QED) is 0.829. The third-order valence-electron chi connectivity index (χ3n) is 4.40. The van der Waals surface area contributed by atoms with E-state index in [0.29, 0.717) is 30.1 Å². The van der Waals surface area contributed by atoms with Crippen molar-refractivity contribution in [3.8, 4) is 0 Å². The highest BCUT2D eigenvalue weighted by atomic mass is 16.1. The summed E-state index contributed by atoms with van der Waals surface area (Å²) < 4.78 is 0. The Morgan fingerprint density at radius 2 is 2.08 bits per heavy atom. The van der Waals surface area contributed by atoms with E-state index >= 15 is 0 Å². The average molecular weight is 323 g/mol. The first kappa shape index (κ1) is 16.3. The Balaban J connectivity index is 1.54. The van der Waals surface area contributed by atoms with E-state index in [1.54, 1.807) is 12.1 Å². The van der Waals surface area contributed by atoms with Gasteiger partial charge in [-0.1, -0.05) is 30.3 Å². The number of aldehydes is 1. The Kier molecular flexibility index (Phi) is 5.33. The van der Waals surface area contributed by atoms with Crippen LogP contribution in [0.4, 0.5) is 0 Å². The molecule has 0 bridgehead atoms. The van der Waals surface area contributed by atoms with Crippen LogP contribution in [0.15, 0.2) is 48.7 Å². The smallest absolute Gasteiger partial charge is 0.252 e. The third kappa shape index (κ3) is 4.06. The number of carbonyl (C=O) groups is 2. The van der Waals surface area contributed by atoms with E-state index in [1.165, 1.54) is 11.8 Å². The van der Waals surface area contributed by atoms with Crippen molar-refractivity contribution in [1.82, 2.24) is 15.2 Å². The second kappa shape index (κ2) is 7.84. The van der Waals surface area contributed by atoms with Gasteiger partial charge in [-0.2, -0.15) is 0 Å². The van der Waals surface area contributed by atoms with Crippen molar-refractivity contribution in [3.05, 3.63) is 65.5 Å². The molecule has 1 fully saturated rings. The summed E-state index contributed by atoms with van der Waals surface area (Å²) in [6, 6.07) is 13.9. The number of likely N-dealkylation sites (tertiary alicyclic amines) is 1. The maximum atomic E-state index is 12.2. The lowest BCUT2D eigenvalue weighted by Crippen LogP contribution is -2.39. The van der Waals surface area contributed by atoms with Gasteiger partial charge in [-0.05, 0) is 37.1 Å². The largest absolute Gasteiger partial charge is 0.350 e. The van der Waals surface area contributed by atoms with Crippen LogP contribution in [0.3, 0.4) is 0 Å². The number of pyridine rings is 1. The van der Waals surface area contributed by atoms with E-state index < -0.39 is 0 Å². The maximum absolute atomic E-state index is 12.2. The van der Waals surface area contributed by atoms with Gasteiger partial charge in [-0.3, -0.25) is 19.5 Å². The van der Waals surface area contributed by atoms with E-state index in [1.807, 2.05) is 6.07 Å². The molecule has 3 rings (SSSR count). The third-order valence-corrected chi connectivity index (χ3v) is 4.40. The number of amides is 1. The molecule has 1 aliphatic rings. The molecule has 1 N–H and O–H groups in total. The molecular weight excluding hydrogens is 302 g/mol. The van der Waals surface area contributed by atoms with Crippen LogP contribution < -0.4 is 5.32 Å². The summed E-state index contributed by atoms with van der Waals surface area (Å²) in [6.07, 6.45) is 4.36. The number of aromatic nitrogens is 1. The van der Waals surface area contributed by atoms with Gasteiger partial charge in [0.2, 0.25) is 0 Å². The van der Waals surface area contributed by atoms with Gasteiger partial charge in [-0.25, -0.2) is 0 Å². The number of rotatable bonds is 6. The molecule has 2 aromatic rings. The maximum Gasteiger partial charge on any atom is 0.252 e. The highest BCUT2D eigenvalue weighted by molar-refractivity contribution is 5.94. The molecule has 1 unspecified atom stereocenters. The number of hydrogen-bond donors (Lipinski definition) is 1. The number of hydrogen-bond acceptors (Lipinski definition) is 4. The Hall–Kier alpha value is -2.53. The van der Waals surface area contributed by atoms with E-state index in [-0.39, 0.29) is 5.91 Å². The molecule has 0 saturated carbocycles. The summed E-state index contributed by atoms with van der Waals surface area (Å²) in [4.78, 5) is 29.2. The Labute approximate surface area is 141 Å². The van der Waals surface area contributed by atoms with Crippen LogP contribution in [-0.4, -0.2) is 41.2 Å². The lowest BCUT2D eigenvalue weighted by atomic mass is 10.1. The first-order chi connectivity index (χ1) is 11.8. The van der Waals surface area contributed by atoms with Crippen molar-refractivity contribution in [1.29, 1.82) is 0 Å². The topological polar surface area (TPSA) is 62.3 Å². The highest BCUT2D eigenvalue weighted by Crippen LogP contribution is 2.19. The second-order valence-corrected chi connectivity index (χ2v) is 6.05. The SMILES string of the molecule is O=Cc1ccc(C(=O)NCC2CCCN2Cc2ccccc2)cn1. The normalized spacial score (nSPS) is 17.6. The van der Waals surface area contributed by atoms with Crippen LogP contribution in [0, 0.1) is 0 Å². The molecule has 1 aromatic heterocycles. The van der Waals surface area contributed by atoms with Gasteiger partial charge in [0.05, 0.1) is 5.56 Å².